The van der Waals surface area contributed by atoms with E-state index in [9.17, 15) is 4.79 Å². The number of thioether (sulfide) groups is 1. The summed E-state index contributed by atoms with van der Waals surface area (Å²) in [4.78, 5) is 12.9. The number of nitrogens with zero attached hydrogens (tertiary/aromatic N) is 3. The number of carbonyl (C=O) groups excluding carboxylic acids is 1. The number of nitrogens with one attached hydrogen (secondary N) is 1. The molecule has 3 aromatic rings. The number of anilines is 1. The van der Waals surface area contributed by atoms with Crippen molar-refractivity contribution < 1.29 is 9.53 Å². The van der Waals surface area contributed by atoms with Crippen LogP contribution in [0.5, 0.6) is 0 Å². The van der Waals surface area contributed by atoms with E-state index in [4.69, 9.17) is 4.74 Å². The van der Waals surface area contributed by atoms with Crippen molar-refractivity contribution in [1.29, 1.82) is 0 Å². The first-order valence-electron chi connectivity index (χ1n) is 10.2. The minimum Gasteiger partial charge on any atom is -0.376 e. The smallest absolute Gasteiger partial charge is 0.206 e. The predicted molar refractivity (Wildman–Crippen MR) is 122 cm³/mol. The van der Waals surface area contributed by atoms with E-state index in [0.29, 0.717) is 5.75 Å². The van der Waals surface area contributed by atoms with Gasteiger partial charge in [-0.15, -0.1) is 10.2 Å². The lowest BCUT2D eigenvalue weighted by molar-refractivity contribution is 0.102. The van der Waals surface area contributed by atoms with Gasteiger partial charge in [0.1, 0.15) is 0 Å². The third kappa shape index (κ3) is 5.11. The zero-order valence-electron chi connectivity index (χ0n) is 17.3. The lowest BCUT2D eigenvalue weighted by atomic mass is 10.2. The molecule has 1 fully saturated rings. The van der Waals surface area contributed by atoms with E-state index >= 15 is 0 Å². The number of Topliss-reactive ketones (excluding diaryl/α,β-unsaturated/α-hetero) is 1. The highest BCUT2D eigenvalue weighted by Crippen LogP contribution is 2.27. The van der Waals surface area contributed by atoms with E-state index in [0.717, 1.165) is 59.0 Å². The number of hydrogen-bond donors (Lipinski definition) is 1. The Labute approximate surface area is 185 Å². The third-order valence-corrected chi connectivity index (χ3v) is 7.31. The van der Waals surface area contributed by atoms with Crippen LogP contribution in [0.4, 0.5) is 5.13 Å². The summed E-state index contributed by atoms with van der Waals surface area (Å²) in [7, 11) is 0. The van der Waals surface area contributed by atoms with Crippen LogP contribution in [0, 0.1) is 13.8 Å². The first-order valence-corrected chi connectivity index (χ1v) is 12.0. The van der Waals surface area contributed by atoms with Gasteiger partial charge in [0, 0.05) is 36.6 Å². The van der Waals surface area contributed by atoms with Gasteiger partial charge >= 0.3 is 0 Å². The highest BCUT2D eigenvalue weighted by Gasteiger charge is 2.18. The van der Waals surface area contributed by atoms with Gasteiger partial charge in [-0.1, -0.05) is 53.4 Å². The molecular weight excluding hydrogens is 416 g/mol. The molecule has 158 valence electrons. The van der Waals surface area contributed by atoms with E-state index in [1.54, 1.807) is 0 Å². The fourth-order valence-electron chi connectivity index (χ4n) is 3.64. The summed E-state index contributed by atoms with van der Waals surface area (Å²) in [5, 5.41) is 12.4. The van der Waals surface area contributed by atoms with Crippen molar-refractivity contribution in [2.24, 2.45) is 0 Å². The second-order valence-electron chi connectivity index (χ2n) is 7.46. The molecule has 0 radical (unpaired) electrons. The Morgan fingerprint density at radius 3 is 2.90 bits per heavy atom. The summed E-state index contributed by atoms with van der Waals surface area (Å²) in [5.74, 6) is 0.479. The van der Waals surface area contributed by atoms with Gasteiger partial charge in [-0.25, -0.2) is 0 Å². The van der Waals surface area contributed by atoms with E-state index in [1.165, 1.54) is 28.7 Å². The van der Waals surface area contributed by atoms with Gasteiger partial charge in [0.25, 0.3) is 0 Å². The van der Waals surface area contributed by atoms with Gasteiger partial charge in [0.15, 0.2) is 10.1 Å². The SMILES string of the molecule is Cc1cc(C(=O)CSc2nnc(NC[C@H]3CCCO3)s2)c(C)n1Cc1ccccc1. The van der Waals surface area contributed by atoms with Crippen LogP contribution in [-0.2, 0) is 11.3 Å². The fourth-order valence-corrected chi connectivity index (χ4v) is 5.29. The topological polar surface area (TPSA) is 69.0 Å². The summed E-state index contributed by atoms with van der Waals surface area (Å²) < 4.78 is 8.61. The molecule has 3 heterocycles. The van der Waals surface area contributed by atoms with Crippen LogP contribution >= 0.6 is 23.1 Å². The molecule has 1 atom stereocenters. The van der Waals surface area contributed by atoms with E-state index in [1.807, 2.05) is 31.2 Å². The highest BCUT2D eigenvalue weighted by atomic mass is 32.2. The van der Waals surface area contributed by atoms with Crippen LogP contribution in [0.2, 0.25) is 0 Å². The van der Waals surface area contributed by atoms with E-state index < -0.39 is 0 Å². The Bertz CT molecular complexity index is 994. The first kappa shape index (κ1) is 21.1. The summed E-state index contributed by atoms with van der Waals surface area (Å²) in [6.45, 7) is 6.45. The van der Waals surface area contributed by atoms with Crippen LogP contribution < -0.4 is 5.32 Å². The molecule has 0 spiro atoms. The number of aryl methyl sites for hydroxylation is 1. The summed E-state index contributed by atoms with van der Waals surface area (Å²) >= 11 is 2.93. The molecule has 0 amide bonds. The number of benzene rings is 1. The Kier molecular flexibility index (Phi) is 6.86. The van der Waals surface area contributed by atoms with Crippen molar-refractivity contribution in [3.63, 3.8) is 0 Å². The fraction of sp³-hybridized carbons (Fsp3) is 0.409. The van der Waals surface area contributed by atoms with Crippen LogP contribution in [-0.4, -0.2) is 45.6 Å². The van der Waals surface area contributed by atoms with Crippen LogP contribution in [0.1, 0.15) is 40.2 Å². The van der Waals surface area contributed by atoms with Crippen molar-refractivity contribution in [1.82, 2.24) is 14.8 Å². The molecule has 1 N–H and O–H groups in total. The van der Waals surface area contributed by atoms with Gasteiger partial charge < -0.3 is 14.6 Å². The lowest BCUT2D eigenvalue weighted by Crippen LogP contribution is -2.18. The molecular formula is C22H26N4O2S2. The van der Waals surface area contributed by atoms with E-state index in [-0.39, 0.29) is 11.9 Å². The largest absolute Gasteiger partial charge is 0.376 e. The maximum absolute atomic E-state index is 12.9. The molecule has 8 heteroatoms. The Morgan fingerprint density at radius 2 is 2.13 bits per heavy atom. The molecule has 2 aromatic heterocycles. The van der Waals surface area contributed by atoms with Crippen molar-refractivity contribution >= 4 is 34.0 Å². The predicted octanol–water partition coefficient (Wildman–Crippen LogP) is 4.57. The number of carbonyl (C=O) groups is 1. The second-order valence-corrected chi connectivity index (χ2v) is 9.66. The van der Waals surface area contributed by atoms with Gasteiger partial charge in [-0.3, -0.25) is 4.79 Å². The maximum atomic E-state index is 12.9. The normalized spacial score (nSPS) is 16.1. The summed E-state index contributed by atoms with van der Waals surface area (Å²) in [5.41, 5.74) is 4.13. The lowest BCUT2D eigenvalue weighted by Gasteiger charge is -2.10. The minimum absolute atomic E-state index is 0.122. The first-order chi connectivity index (χ1) is 14.6. The quantitative estimate of drug-likeness (QED) is 0.387. The second kappa shape index (κ2) is 9.76. The van der Waals surface area contributed by atoms with Gasteiger partial charge in [0.05, 0.1) is 11.9 Å². The molecule has 0 saturated carbocycles. The average molecular weight is 443 g/mol. The van der Waals surface area contributed by atoms with Crippen molar-refractivity contribution in [2.45, 2.75) is 43.7 Å². The zero-order chi connectivity index (χ0) is 20.9. The molecule has 6 nitrogen and oxygen atoms in total. The van der Waals surface area contributed by atoms with Crippen LogP contribution in [0.15, 0.2) is 40.7 Å². The Hall–Kier alpha value is -2.16. The molecule has 0 aliphatic carbocycles. The van der Waals surface area contributed by atoms with Crippen LogP contribution in [0.25, 0.3) is 0 Å². The average Bonchev–Trinajstić information content (AvgIpc) is 3.49. The number of ether oxygens (including phenoxy) is 1. The van der Waals surface area contributed by atoms with E-state index in [2.05, 4.69) is 39.1 Å². The number of aromatic nitrogens is 3. The molecule has 0 unspecified atom stereocenters. The van der Waals surface area contributed by atoms with Crippen molar-refractivity contribution in [3.05, 3.63) is 58.9 Å². The zero-order valence-corrected chi connectivity index (χ0v) is 18.9. The molecule has 1 aromatic carbocycles. The standard InChI is InChI=1S/C22H26N4O2S2/c1-15-11-19(16(2)26(15)13-17-7-4-3-5-8-17)20(27)14-29-22-25-24-21(30-22)23-12-18-9-6-10-28-18/h3-5,7-8,11,18H,6,9-10,12-14H2,1-2H3,(H,23,24)/t18-/m1/s1. The molecule has 0 bridgehead atoms. The monoisotopic (exact) mass is 442 g/mol. The Balaban J connectivity index is 1.33. The van der Waals surface area contributed by atoms with Gasteiger partial charge in [0.2, 0.25) is 5.13 Å². The van der Waals surface area contributed by atoms with Crippen molar-refractivity contribution in [3.8, 4) is 0 Å². The molecule has 30 heavy (non-hydrogen) atoms. The highest BCUT2D eigenvalue weighted by molar-refractivity contribution is 8.01. The molecule has 1 saturated heterocycles. The number of hydrogen-bond acceptors (Lipinski definition) is 7. The molecule has 1 aliphatic heterocycles. The maximum Gasteiger partial charge on any atom is 0.206 e. The van der Waals surface area contributed by atoms with Gasteiger partial charge in [-0.2, -0.15) is 0 Å². The van der Waals surface area contributed by atoms with Crippen LogP contribution in [0.3, 0.4) is 0 Å². The molecule has 1 aliphatic rings. The number of rotatable bonds is 9. The minimum atomic E-state index is 0.122. The number of ketones is 1. The van der Waals surface area contributed by atoms with Crippen molar-refractivity contribution in [2.75, 3.05) is 24.2 Å². The Morgan fingerprint density at radius 1 is 1.30 bits per heavy atom. The van der Waals surface area contributed by atoms with Gasteiger partial charge in [-0.05, 0) is 38.3 Å². The third-order valence-electron chi connectivity index (χ3n) is 5.30. The molecule has 4 rings (SSSR count). The summed E-state index contributed by atoms with van der Waals surface area (Å²) in [6.07, 6.45) is 2.47. The summed E-state index contributed by atoms with van der Waals surface area (Å²) in [6, 6.07) is 12.3.